The molecule has 1 aromatic heterocycles. The van der Waals surface area contributed by atoms with Crippen LogP contribution < -0.4 is 4.90 Å². The Morgan fingerprint density at radius 1 is 0.368 bits per heavy atom. The third kappa shape index (κ3) is 5.40. The molecule has 1 heterocycles. The zero-order valence-electron chi connectivity index (χ0n) is 31.9. The number of hydrogen-bond donors (Lipinski definition) is 0. The fourth-order valence-electron chi connectivity index (χ4n) is 9.12. The molecule has 1 aliphatic carbocycles. The molecule has 2 heteroatoms. The van der Waals surface area contributed by atoms with Crippen LogP contribution in [0.5, 0.6) is 0 Å². The number of rotatable bonds is 6. The third-order valence-corrected chi connectivity index (χ3v) is 12.1. The van der Waals surface area contributed by atoms with E-state index < -0.39 is 0 Å². The summed E-state index contributed by atoms with van der Waals surface area (Å²) in [6.07, 6.45) is 0. The quantitative estimate of drug-likeness (QED) is 0.169. The smallest absolute Gasteiger partial charge is 0.143 e. The SMILES string of the molecule is CC1(C)c2ccccc2-c2ccc(-c3ccc4oc5c6ccccc6c(N(c6ccc(-c7ccccc7)cc6)c6ccc(-c7ccccc7)cc6)cc5c4c3)cc21. The maximum atomic E-state index is 6.76. The summed E-state index contributed by atoms with van der Waals surface area (Å²) in [5.74, 6) is 0. The van der Waals surface area contributed by atoms with Crippen LogP contribution in [0.1, 0.15) is 25.0 Å². The standard InChI is InChI=1S/C55H39NO/c1-55(2)50-20-12-11-17-44(50)45-31-25-41(34-51(45)55)40-26-32-53-48(33-40)49-35-52(46-18-9-10-19-47(46)54(49)57-53)56(42-27-21-38(22-28-42)36-13-5-3-6-14-36)43-29-23-39(24-30-43)37-15-7-4-8-16-37/h3-35H,1-2H3. The zero-order chi connectivity index (χ0) is 38.1. The molecule has 9 aromatic carbocycles. The predicted molar refractivity (Wildman–Crippen MR) is 240 cm³/mol. The van der Waals surface area contributed by atoms with E-state index in [0.717, 1.165) is 49.8 Å². The van der Waals surface area contributed by atoms with Gasteiger partial charge in [-0.25, -0.2) is 0 Å². The monoisotopic (exact) mass is 729 g/mol. The van der Waals surface area contributed by atoms with E-state index in [9.17, 15) is 0 Å². The molecule has 1 aliphatic rings. The number of nitrogens with zero attached hydrogens (tertiary/aromatic N) is 1. The van der Waals surface area contributed by atoms with Gasteiger partial charge in [-0.1, -0.05) is 166 Å². The maximum Gasteiger partial charge on any atom is 0.143 e. The summed E-state index contributed by atoms with van der Waals surface area (Å²) >= 11 is 0. The van der Waals surface area contributed by atoms with Gasteiger partial charge in [-0.3, -0.25) is 0 Å². The first-order chi connectivity index (χ1) is 28.0. The van der Waals surface area contributed by atoms with Gasteiger partial charge in [-0.15, -0.1) is 0 Å². The zero-order valence-corrected chi connectivity index (χ0v) is 31.9. The van der Waals surface area contributed by atoms with Gasteiger partial charge >= 0.3 is 0 Å². The van der Waals surface area contributed by atoms with Crippen molar-refractivity contribution in [2.24, 2.45) is 0 Å². The van der Waals surface area contributed by atoms with Crippen molar-refractivity contribution < 1.29 is 4.42 Å². The number of benzene rings is 9. The van der Waals surface area contributed by atoms with Gasteiger partial charge in [0.2, 0.25) is 0 Å². The average Bonchev–Trinajstić information content (AvgIpc) is 3.76. The lowest BCUT2D eigenvalue weighted by molar-refractivity contribution is 0.660. The molecule has 0 saturated carbocycles. The fourth-order valence-corrected chi connectivity index (χ4v) is 9.12. The van der Waals surface area contributed by atoms with E-state index in [1.54, 1.807) is 0 Å². The summed E-state index contributed by atoms with van der Waals surface area (Å²) in [4.78, 5) is 2.40. The van der Waals surface area contributed by atoms with Gasteiger partial charge in [0.1, 0.15) is 11.2 Å². The molecular formula is C55H39NO. The highest BCUT2D eigenvalue weighted by Crippen LogP contribution is 2.50. The molecule has 270 valence electrons. The Bertz CT molecular complexity index is 3040. The minimum atomic E-state index is -0.0652. The average molecular weight is 730 g/mol. The Morgan fingerprint density at radius 3 is 1.54 bits per heavy atom. The number of anilines is 3. The summed E-state index contributed by atoms with van der Waals surface area (Å²) in [6.45, 7) is 4.69. The van der Waals surface area contributed by atoms with Crippen molar-refractivity contribution in [3.8, 4) is 44.5 Å². The Hall–Kier alpha value is -7.16. The number of hydrogen-bond acceptors (Lipinski definition) is 2. The molecule has 2 nitrogen and oxygen atoms in total. The second kappa shape index (κ2) is 13.0. The maximum absolute atomic E-state index is 6.76. The van der Waals surface area contributed by atoms with Gasteiger partial charge in [0.15, 0.2) is 0 Å². The van der Waals surface area contributed by atoms with Crippen molar-refractivity contribution in [1.82, 2.24) is 0 Å². The summed E-state index contributed by atoms with van der Waals surface area (Å²) in [7, 11) is 0. The molecule has 0 unspecified atom stereocenters. The molecule has 57 heavy (non-hydrogen) atoms. The molecule has 11 rings (SSSR count). The highest BCUT2D eigenvalue weighted by Gasteiger charge is 2.35. The number of furan rings is 1. The lowest BCUT2D eigenvalue weighted by Crippen LogP contribution is -2.14. The van der Waals surface area contributed by atoms with Crippen LogP contribution in [0, 0.1) is 0 Å². The molecule has 0 aliphatic heterocycles. The van der Waals surface area contributed by atoms with Crippen LogP contribution in [-0.4, -0.2) is 0 Å². The van der Waals surface area contributed by atoms with E-state index in [0.29, 0.717) is 0 Å². The molecule has 0 radical (unpaired) electrons. The largest absolute Gasteiger partial charge is 0.455 e. The molecule has 0 saturated heterocycles. The second-order valence-electron chi connectivity index (χ2n) is 15.7. The Labute approximate surface area is 332 Å². The molecule has 0 amide bonds. The van der Waals surface area contributed by atoms with Crippen LogP contribution in [0.4, 0.5) is 17.1 Å². The highest BCUT2D eigenvalue weighted by molar-refractivity contribution is 6.20. The summed E-state index contributed by atoms with van der Waals surface area (Å²) < 4.78 is 6.76. The molecule has 0 fully saturated rings. The molecule has 10 aromatic rings. The van der Waals surface area contributed by atoms with E-state index >= 15 is 0 Å². The van der Waals surface area contributed by atoms with Gasteiger partial charge < -0.3 is 9.32 Å². The lowest BCUT2D eigenvalue weighted by Gasteiger charge is -2.27. The van der Waals surface area contributed by atoms with Crippen molar-refractivity contribution in [3.63, 3.8) is 0 Å². The predicted octanol–water partition coefficient (Wildman–Crippen LogP) is 15.5. The lowest BCUT2D eigenvalue weighted by atomic mass is 9.81. The van der Waals surface area contributed by atoms with Crippen molar-refractivity contribution in [1.29, 1.82) is 0 Å². The molecular weight excluding hydrogens is 691 g/mol. The van der Waals surface area contributed by atoms with E-state index in [4.69, 9.17) is 4.42 Å². The molecule has 0 atom stereocenters. The first-order valence-corrected chi connectivity index (χ1v) is 19.8. The van der Waals surface area contributed by atoms with Crippen LogP contribution in [-0.2, 0) is 5.41 Å². The van der Waals surface area contributed by atoms with E-state index in [2.05, 4.69) is 219 Å². The van der Waals surface area contributed by atoms with Crippen LogP contribution in [0.15, 0.2) is 205 Å². The molecule has 0 N–H and O–H groups in total. The van der Waals surface area contributed by atoms with Crippen LogP contribution in [0.3, 0.4) is 0 Å². The fraction of sp³-hybridized carbons (Fsp3) is 0.0545. The van der Waals surface area contributed by atoms with Gasteiger partial charge in [-0.05, 0) is 104 Å². The molecule has 0 bridgehead atoms. The van der Waals surface area contributed by atoms with Crippen LogP contribution in [0.2, 0.25) is 0 Å². The van der Waals surface area contributed by atoms with Gasteiger partial charge in [0.25, 0.3) is 0 Å². The topological polar surface area (TPSA) is 16.4 Å². The van der Waals surface area contributed by atoms with Crippen molar-refractivity contribution in [2.45, 2.75) is 19.3 Å². The van der Waals surface area contributed by atoms with Crippen LogP contribution in [0.25, 0.3) is 77.2 Å². The summed E-state index contributed by atoms with van der Waals surface area (Å²) in [5, 5.41) is 4.42. The second-order valence-corrected chi connectivity index (χ2v) is 15.7. The van der Waals surface area contributed by atoms with Crippen molar-refractivity contribution >= 4 is 49.8 Å². The third-order valence-electron chi connectivity index (χ3n) is 12.1. The van der Waals surface area contributed by atoms with Crippen molar-refractivity contribution in [2.75, 3.05) is 4.90 Å². The molecule has 0 spiro atoms. The van der Waals surface area contributed by atoms with E-state index in [1.165, 1.54) is 55.6 Å². The number of fused-ring (bicyclic) bond motifs is 8. The van der Waals surface area contributed by atoms with Gasteiger partial charge in [0, 0.05) is 38.3 Å². The van der Waals surface area contributed by atoms with E-state index in [1.807, 2.05) is 0 Å². The van der Waals surface area contributed by atoms with Crippen LogP contribution >= 0.6 is 0 Å². The Morgan fingerprint density at radius 2 is 0.877 bits per heavy atom. The van der Waals surface area contributed by atoms with Crippen molar-refractivity contribution in [3.05, 3.63) is 211 Å². The first-order valence-electron chi connectivity index (χ1n) is 19.8. The minimum Gasteiger partial charge on any atom is -0.455 e. The summed E-state index contributed by atoms with van der Waals surface area (Å²) in [5.41, 5.74) is 17.6. The normalized spacial score (nSPS) is 12.9. The summed E-state index contributed by atoms with van der Waals surface area (Å²) in [6, 6.07) is 72.5. The minimum absolute atomic E-state index is 0.0652. The van der Waals surface area contributed by atoms with E-state index in [-0.39, 0.29) is 5.41 Å². The highest BCUT2D eigenvalue weighted by atomic mass is 16.3. The Balaban J connectivity index is 1.09. The first kappa shape index (κ1) is 33.2. The van der Waals surface area contributed by atoms with Gasteiger partial charge in [0.05, 0.1) is 5.69 Å². The van der Waals surface area contributed by atoms with Gasteiger partial charge in [-0.2, -0.15) is 0 Å². The Kier molecular flexibility index (Phi) is 7.55.